The summed E-state index contributed by atoms with van der Waals surface area (Å²) < 4.78 is 36.5. The quantitative estimate of drug-likeness (QED) is 0.135. The summed E-state index contributed by atoms with van der Waals surface area (Å²) >= 11 is 0. The van der Waals surface area contributed by atoms with Gasteiger partial charge in [-0.1, -0.05) is 176 Å². The van der Waals surface area contributed by atoms with Crippen LogP contribution in [0.3, 0.4) is 0 Å². The van der Waals surface area contributed by atoms with Crippen LogP contribution in [0.4, 0.5) is 0 Å². The van der Waals surface area contributed by atoms with E-state index in [2.05, 4.69) is 162 Å². The Morgan fingerprint density at radius 2 is 1.10 bits per heavy atom. The summed E-state index contributed by atoms with van der Waals surface area (Å²) in [5.41, 5.74) is 17.8. The molecular formula is C64H60IrN4O-2. The molecule has 0 aliphatic carbocycles. The van der Waals surface area contributed by atoms with E-state index in [0.717, 1.165) is 55.7 Å². The minimum atomic E-state index is -2.35. The molecule has 11 aromatic rings. The topological polar surface area (TPSA) is 48.8 Å². The molecule has 3 aromatic heterocycles. The molecule has 70 heavy (non-hydrogen) atoms. The zero-order valence-corrected chi connectivity index (χ0v) is 43.7. The minimum absolute atomic E-state index is 0. The number of fused-ring (bicyclic) bond motifs is 5. The molecule has 353 valence electrons. The van der Waals surface area contributed by atoms with Crippen LogP contribution in [0.1, 0.15) is 117 Å². The molecule has 0 atom stereocenters. The van der Waals surface area contributed by atoms with E-state index < -0.39 is 6.85 Å². The predicted molar refractivity (Wildman–Crippen MR) is 289 cm³/mol. The fourth-order valence-electron chi connectivity index (χ4n) is 9.93. The second kappa shape index (κ2) is 19.9. The predicted octanol–water partition coefficient (Wildman–Crippen LogP) is 17.7. The van der Waals surface area contributed by atoms with Crippen molar-refractivity contribution in [1.29, 1.82) is 0 Å². The molecular weight excluding hydrogens is 1030 g/mol. The number of aromatic nitrogens is 4. The molecule has 0 unspecified atom stereocenters. The molecule has 1 radical (unpaired) electrons. The molecule has 0 aliphatic rings. The number of imidazole rings is 2. The maximum absolute atomic E-state index is 8.41. The molecule has 5 nitrogen and oxygen atoms in total. The van der Waals surface area contributed by atoms with Gasteiger partial charge in [0, 0.05) is 41.0 Å². The summed E-state index contributed by atoms with van der Waals surface area (Å²) in [5, 5.41) is 1.34. The molecule has 0 spiro atoms. The second-order valence-corrected chi connectivity index (χ2v) is 19.5. The smallest absolute Gasteiger partial charge is 0.121 e. The van der Waals surface area contributed by atoms with Gasteiger partial charge in [-0.25, -0.2) is 0 Å². The van der Waals surface area contributed by atoms with Gasteiger partial charge in [-0.3, -0.25) is 9.97 Å². The van der Waals surface area contributed by atoms with Crippen molar-refractivity contribution in [3.05, 3.63) is 203 Å². The summed E-state index contributed by atoms with van der Waals surface area (Å²) in [7, 11) is 0. The van der Waals surface area contributed by atoms with E-state index in [9.17, 15) is 0 Å². The number of benzene rings is 8. The number of aryl methyl sites for hydroxylation is 2. The summed E-state index contributed by atoms with van der Waals surface area (Å²) in [6.07, 6.45) is 0. The molecule has 0 fully saturated rings. The van der Waals surface area contributed by atoms with Gasteiger partial charge in [-0.15, -0.1) is 53.6 Å². The van der Waals surface area contributed by atoms with Gasteiger partial charge in [0.25, 0.3) is 0 Å². The number of nitrogens with zero attached hydrogens (tertiary/aromatic N) is 4. The van der Waals surface area contributed by atoms with Crippen LogP contribution in [-0.2, 0) is 20.1 Å². The van der Waals surface area contributed by atoms with Gasteiger partial charge in [0.2, 0.25) is 0 Å². The maximum Gasteiger partial charge on any atom is 0.121 e. The SMILES string of the molecule is CC(C)c1cccc(C(C)C)c1-n1c(-c2[c-]cccc2)nc2ccccc21.[2H]C([2H])([2H])c1c[c-]c(-c2nc3ccccc3n2-c2c(C(C)C)cc(C)cc2C(C)C)c2oc3cc(-c4ccccc4)ccc3c12.[Ir]. The zero-order valence-electron chi connectivity index (χ0n) is 44.4. The van der Waals surface area contributed by atoms with Gasteiger partial charge in [0.1, 0.15) is 5.58 Å². The normalized spacial score (nSPS) is 12.5. The molecule has 6 heteroatoms. The van der Waals surface area contributed by atoms with E-state index in [4.69, 9.17) is 18.5 Å². The van der Waals surface area contributed by atoms with Crippen molar-refractivity contribution >= 4 is 44.0 Å². The third-order valence-corrected chi connectivity index (χ3v) is 13.3. The molecule has 0 N–H and O–H groups in total. The fourth-order valence-corrected chi connectivity index (χ4v) is 9.93. The van der Waals surface area contributed by atoms with Gasteiger partial charge >= 0.3 is 0 Å². The van der Waals surface area contributed by atoms with Crippen molar-refractivity contribution in [3.8, 4) is 45.3 Å². The van der Waals surface area contributed by atoms with Crippen LogP contribution < -0.4 is 0 Å². The minimum Gasteiger partial charge on any atom is -0.501 e. The van der Waals surface area contributed by atoms with Gasteiger partial charge in [-0.05, 0) is 94.3 Å². The molecule has 0 aliphatic heterocycles. The number of hydrogen-bond acceptors (Lipinski definition) is 3. The Bertz CT molecular complexity index is 3710. The van der Waals surface area contributed by atoms with Crippen molar-refractivity contribution in [2.75, 3.05) is 0 Å². The van der Waals surface area contributed by atoms with E-state index in [1.54, 1.807) is 6.07 Å². The molecule has 0 amide bonds. The van der Waals surface area contributed by atoms with Crippen molar-refractivity contribution in [1.82, 2.24) is 19.1 Å². The number of furan rings is 1. The average Bonchev–Trinajstić information content (AvgIpc) is 4.08. The fraction of sp³-hybridized carbons (Fsp3) is 0.219. The van der Waals surface area contributed by atoms with E-state index in [-0.39, 0.29) is 37.5 Å². The van der Waals surface area contributed by atoms with Crippen molar-refractivity contribution in [2.45, 2.75) is 92.8 Å². The maximum atomic E-state index is 8.41. The van der Waals surface area contributed by atoms with Crippen molar-refractivity contribution in [2.24, 2.45) is 0 Å². The third kappa shape index (κ3) is 8.73. The van der Waals surface area contributed by atoms with Crippen molar-refractivity contribution in [3.63, 3.8) is 0 Å². The van der Waals surface area contributed by atoms with Crippen LogP contribution in [0, 0.1) is 25.9 Å². The molecule has 0 bridgehead atoms. The van der Waals surface area contributed by atoms with E-state index >= 15 is 0 Å². The first-order chi connectivity index (χ1) is 34.6. The Morgan fingerprint density at radius 3 is 1.69 bits per heavy atom. The van der Waals surface area contributed by atoms with Crippen LogP contribution in [0.5, 0.6) is 0 Å². The Labute approximate surface area is 430 Å². The van der Waals surface area contributed by atoms with Crippen LogP contribution in [0.25, 0.3) is 89.3 Å². The van der Waals surface area contributed by atoms with Crippen LogP contribution >= 0.6 is 0 Å². The van der Waals surface area contributed by atoms with Crippen molar-refractivity contribution < 1.29 is 28.6 Å². The standard InChI is InChI=1S/C39H35N2O.C25H25N2.Ir/c1-23(2)31-20-25(5)21-32(24(3)4)37(31)41-34-15-11-10-14-33(34)40-39(41)30-18-16-26(6)36-29-19-17-28(22-35(29)42-38(30)36)27-12-8-7-9-13-27;1-17(2)20-13-10-14-21(18(3)4)24(20)27-23-16-9-8-15-22(23)26-25(27)19-11-6-5-7-12-19;/h7-17,19-24H,1-6H3;5-11,13-18H,1-4H3;/q2*-1;/i6D3;;. The molecule has 0 saturated carbocycles. The molecule has 3 heterocycles. The van der Waals surface area contributed by atoms with E-state index in [1.165, 1.54) is 33.5 Å². The number of hydrogen-bond donors (Lipinski definition) is 0. The van der Waals surface area contributed by atoms with Crippen LogP contribution in [0.2, 0.25) is 0 Å². The number of rotatable bonds is 9. The zero-order chi connectivity index (χ0) is 50.6. The summed E-state index contributed by atoms with van der Waals surface area (Å²) in [6, 6.07) is 60.3. The first-order valence-corrected chi connectivity index (χ1v) is 24.3. The van der Waals surface area contributed by atoms with Gasteiger partial charge in [0.05, 0.1) is 39.3 Å². The third-order valence-electron chi connectivity index (χ3n) is 13.3. The Balaban J connectivity index is 0.000000200. The Morgan fingerprint density at radius 1 is 0.543 bits per heavy atom. The van der Waals surface area contributed by atoms with Crippen LogP contribution in [0.15, 0.2) is 162 Å². The summed E-state index contributed by atoms with van der Waals surface area (Å²) in [5.74, 6) is 2.99. The molecule has 11 rings (SSSR count). The largest absolute Gasteiger partial charge is 0.501 e. The monoisotopic (exact) mass is 1100 g/mol. The molecule has 0 saturated heterocycles. The van der Waals surface area contributed by atoms with Crippen LogP contribution in [-0.4, -0.2) is 19.1 Å². The molecule has 8 aromatic carbocycles. The average molecular weight is 1100 g/mol. The first kappa shape index (κ1) is 44.4. The first-order valence-electron chi connectivity index (χ1n) is 25.8. The van der Waals surface area contributed by atoms with E-state index in [0.29, 0.717) is 39.8 Å². The van der Waals surface area contributed by atoms with Gasteiger partial charge < -0.3 is 13.6 Å². The van der Waals surface area contributed by atoms with E-state index in [1.807, 2.05) is 72.8 Å². The number of para-hydroxylation sites is 5. The Kier molecular flexibility index (Phi) is 12.6. The summed E-state index contributed by atoms with van der Waals surface area (Å²) in [6.45, 7) is 17.7. The van der Waals surface area contributed by atoms with Gasteiger partial charge in [-0.2, -0.15) is 0 Å². The summed E-state index contributed by atoms with van der Waals surface area (Å²) in [4.78, 5) is 10.2. The Hall–Kier alpha value is -6.85. The van der Waals surface area contributed by atoms with Gasteiger partial charge in [0.15, 0.2) is 0 Å². The second-order valence-electron chi connectivity index (χ2n) is 19.5.